The Balaban J connectivity index is 1.93. The lowest BCUT2D eigenvalue weighted by Crippen LogP contribution is -2.30. The van der Waals surface area contributed by atoms with Crippen molar-refractivity contribution in [1.82, 2.24) is 5.32 Å². The highest BCUT2D eigenvalue weighted by molar-refractivity contribution is 5.26. The minimum absolute atomic E-state index is 0.249. The van der Waals surface area contributed by atoms with Gasteiger partial charge in [-0.05, 0) is 50.5 Å². The fourth-order valence-electron chi connectivity index (χ4n) is 2.27. The third-order valence-electron chi connectivity index (χ3n) is 3.29. The second-order valence-corrected chi connectivity index (χ2v) is 4.94. The predicted octanol–water partition coefficient (Wildman–Crippen LogP) is 3.87. The molecule has 1 N–H and O–H groups in total. The van der Waals surface area contributed by atoms with E-state index in [1.165, 1.54) is 11.1 Å². The van der Waals surface area contributed by atoms with Gasteiger partial charge in [0.2, 0.25) is 0 Å². The molecule has 2 unspecified atom stereocenters. The Morgan fingerprint density at radius 1 is 1.11 bits per heavy atom. The minimum Gasteiger partial charge on any atom is -0.468 e. The predicted molar refractivity (Wildman–Crippen MR) is 74.6 cm³/mol. The zero-order chi connectivity index (χ0) is 13.0. The van der Waals surface area contributed by atoms with Crippen molar-refractivity contribution in [3.8, 4) is 0 Å². The second kappa shape index (κ2) is 5.87. The number of hydrogen-bond donors (Lipinski definition) is 1. The van der Waals surface area contributed by atoms with Gasteiger partial charge in [-0.25, -0.2) is 0 Å². The van der Waals surface area contributed by atoms with E-state index < -0.39 is 0 Å². The first-order chi connectivity index (χ1) is 8.66. The van der Waals surface area contributed by atoms with Gasteiger partial charge in [0.1, 0.15) is 5.76 Å². The number of benzene rings is 1. The first-order valence-corrected chi connectivity index (χ1v) is 6.51. The summed E-state index contributed by atoms with van der Waals surface area (Å²) < 4.78 is 5.41. The van der Waals surface area contributed by atoms with Crippen molar-refractivity contribution in [2.24, 2.45) is 0 Å². The molecule has 0 radical (unpaired) electrons. The van der Waals surface area contributed by atoms with Crippen molar-refractivity contribution in [1.29, 1.82) is 0 Å². The van der Waals surface area contributed by atoms with Crippen molar-refractivity contribution in [2.45, 2.75) is 39.3 Å². The first-order valence-electron chi connectivity index (χ1n) is 6.51. The number of hydrogen-bond acceptors (Lipinski definition) is 2. The monoisotopic (exact) mass is 243 g/mol. The number of rotatable bonds is 5. The summed E-state index contributed by atoms with van der Waals surface area (Å²) in [6.45, 7) is 6.51. The van der Waals surface area contributed by atoms with Gasteiger partial charge in [0.05, 0.1) is 12.3 Å². The van der Waals surface area contributed by atoms with Crippen LogP contribution in [-0.2, 0) is 6.42 Å². The highest BCUT2D eigenvalue weighted by Gasteiger charge is 2.12. The molecule has 0 aliphatic heterocycles. The average molecular weight is 243 g/mol. The van der Waals surface area contributed by atoms with Crippen molar-refractivity contribution in [3.63, 3.8) is 0 Å². The summed E-state index contributed by atoms with van der Waals surface area (Å²) in [5.74, 6) is 0.992. The van der Waals surface area contributed by atoms with Gasteiger partial charge in [-0.15, -0.1) is 0 Å². The van der Waals surface area contributed by atoms with Crippen LogP contribution < -0.4 is 5.32 Å². The smallest absolute Gasteiger partial charge is 0.120 e. The van der Waals surface area contributed by atoms with E-state index >= 15 is 0 Å². The number of aryl methyl sites for hydroxylation is 1. The molecule has 0 aliphatic rings. The van der Waals surface area contributed by atoms with Gasteiger partial charge in [0.25, 0.3) is 0 Å². The maximum atomic E-state index is 5.41. The van der Waals surface area contributed by atoms with Crippen LogP contribution >= 0.6 is 0 Å². The summed E-state index contributed by atoms with van der Waals surface area (Å²) in [6.07, 6.45) is 2.76. The Morgan fingerprint density at radius 3 is 2.56 bits per heavy atom. The second-order valence-electron chi connectivity index (χ2n) is 4.94. The minimum atomic E-state index is 0.249. The van der Waals surface area contributed by atoms with E-state index in [0.717, 1.165) is 12.2 Å². The van der Waals surface area contributed by atoms with Crippen molar-refractivity contribution < 1.29 is 4.42 Å². The summed E-state index contributed by atoms with van der Waals surface area (Å²) in [5.41, 5.74) is 2.76. The van der Waals surface area contributed by atoms with Crippen LogP contribution in [0.15, 0.2) is 47.1 Å². The van der Waals surface area contributed by atoms with Crippen LogP contribution in [0.25, 0.3) is 0 Å². The lowest BCUT2D eigenvalue weighted by Gasteiger charge is -2.19. The Morgan fingerprint density at radius 2 is 1.89 bits per heavy atom. The average Bonchev–Trinajstić information content (AvgIpc) is 2.85. The normalized spacial score (nSPS) is 14.4. The molecule has 1 aromatic heterocycles. The molecule has 0 saturated heterocycles. The fourth-order valence-corrected chi connectivity index (χ4v) is 2.27. The van der Waals surface area contributed by atoms with E-state index in [1.54, 1.807) is 6.26 Å². The Hall–Kier alpha value is -1.54. The van der Waals surface area contributed by atoms with Crippen LogP contribution in [0.2, 0.25) is 0 Å². The quantitative estimate of drug-likeness (QED) is 0.862. The maximum absolute atomic E-state index is 5.41. The topological polar surface area (TPSA) is 25.2 Å². The van der Waals surface area contributed by atoms with Crippen LogP contribution in [0.1, 0.15) is 36.8 Å². The van der Waals surface area contributed by atoms with Gasteiger partial charge in [0.15, 0.2) is 0 Å². The van der Waals surface area contributed by atoms with Crippen LogP contribution in [0.3, 0.4) is 0 Å². The SMILES string of the molecule is Cc1ccccc1CC(C)NC(C)c1ccco1. The lowest BCUT2D eigenvalue weighted by molar-refractivity contribution is 0.397. The van der Waals surface area contributed by atoms with Crippen LogP contribution in [0.4, 0.5) is 0 Å². The molecule has 1 heterocycles. The van der Waals surface area contributed by atoms with Crippen LogP contribution in [0, 0.1) is 6.92 Å². The molecule has 2 aromatic rings. The summed E-state index contributed by atoms with van der Waals surface area (Å²) in [4.78, 5) is 0. The molecule has 2 rings (SSSR count). The molecule has 0 fully saturated rings. The molecule has 96 valence electrons. The molecule has 0 saturated carbocycles. The molecular weight excluding hydrogens is 222 g/mol. The van der Waals surface area contributed by atoms with Gasteiger partial charge in [-0.3, -0.25) is 0 Å². The van der Waals surface area contributed by atoms with E-state index in [0.29, 0.717) is 6.04 Å². The van der Waals surface area contributed by atoms with Crippen molar-refractivity contribution in [2.75, 3.05) is 0 Å². The molecule has 2 heteroatoms. The molecule has 0 aliphatic carbocycles. The molecule has 0 amide bonds. The van der Waals surface area contributed by atoms with Gasteiger partial charge < -0.3 is 9.73 Å². The van der Waals surface area contributed by atoms with E-state index in [2.05, 4.69) is 50.4 Å². The Bertz CT molecular complexity index is 476. The van der Waals surface area contributed by atoms with E-state index in [-0.39, 0.29) is 6.04 Å². The van der Waals surface area contributed by atoms with Crippen LogP contribution in [0.5, 0.6) is 0 Å². The number of furan rings is 1. The van der Waals surface area contributed by atoms with E-state index in [9.17, 15) is 0 Å². The molecule has 2 atom stereocenters. The fraction of sp³-hybridized carbons (Fsp3) is 0.375. The zero-order valence-corrected chi connectivity index (χ0v) is 11.3. The van der Waals surface area contributed by atoms with Gasteiger partial charge in [-0.2, -0.15) is 0 Å². The van der Waals surface area contributed by atoms with E-state index in [1.807, 2.05) is 12.1 Å². The molecular formula is C16H21NO. The maximum Gasteiger partial charge on any atom is 0.120 e. The van der Waals surface area contributed by atoms with Gasteiger partial charge in [-0.1, -0.05) is 24.3 Å². The third kappa shape index (κ3) is 3.23. The standard InChI is InChI=1S/C16H21NO/c1-12-7-4-5-8-15(12)11-13(2)17-14(3)16-9-6-10-18-16/h4-10,13-14,17H,11H2,1-3H3. The highest BCUT2D eigenvalue weighted by atomic mass is 16.3. The zero-order valence-electron chi connectivity index (χ0n) is 11.3. The summed E-state index contributed by atoms with van der Waals surface area (Å²) in [5, 5.41) is 3.56. The third-order valence-corrected chi connectivity index (χ3v) is 3.29. The number of nitrogens with one attached hydrogen (secondary N) is 1. The van der Waals surface area contributed by atoms with Crippen molar-refractivity contribution in [3.05, 3.63) is 59.5 Å². The Labute approximate surface area is 109 Å². The first kappa shape index (κ1) is 12.9. The van der Waals surface area contributed by atoms with Gasteiger partial charge >= 0.3 is 0 Å². The van der Waals surface area contributed by atoms with Gasteiger partial charge in [0, 0.05) is 6.04 Å². The summed E-state index contributed by atoms with van der Waals surface area (Å²) in [7, 11) is 0. The summed E-state index contributed by atoms with van der Waals surface area (Å²) >= 11 is 0. The lowest BCUT2D eigenvalue weighted by atomic mass is 10.0. The van der Waals surface area contributed by atoms with Crippen molar-refractivity contribution >= 4 is 0 Å². The summed E-state index contributed by atoms with van der Waals surface area (Å²) in [6, 6.07) is 13.2. The van der Waals surface area contributed by atoms with E-state index in [4.69, 9.17) is 4.42 Å². The van der Waals surface area contributed by atoms with Crippen LogP contribution in [-0.4, -0.2) is 6.04 Å². The Kier molecular flexibility index (Phi) is 4.21. The molecule has 1 aromatic carbocycles. The molecule has 2 nitrogen and oxygen atoms in total. The molecule has 18 heavy (non-hydrogen) atoms. The molecule has 0 spiro atoms. The largest absolute Gasteiger partial charge is 0.468 e. The highest BCUT2D eigenvalue weighted by Crippen LogP contribution is 2.15. The molecule has 0 bridgehead atoms.